The maximum Gasteiger partial charge on any atom is 0.416 e. The summed E-state index contributed by atoms with van der Waals surface area (Å²) in [6, 6.07) is 4.48. The molecular weight excluding hydrogens is 253 g/mol. The van der Waals surface area contributed by atoms with Gasteiger partial charge in [-0.15, -0.1) is 0 Å². The number of methoxy groups -OCH3 is 1. The number of ether oxygens (including phenoxy) is 1. The summed E-state index contributed by atoms with van der Waals surface area (Å²) in [6.45, 7) is 7.41. The first kappa shape index (κ1) is 17.6. The van der Waals surface area contributed by atoms with E-state index in [9.17, 15) is 13.2 Å². The second-order valence-corrected chi connectivity index (χ2v) is 3.71. The third-order valence-electron chi connectivity index (χ3n) is 2.42. The molecule has 0 radical (unpaired) electrons. The number of rotatable bonds is 3. The molecule has 0 saturated heterocycles. The van der Waals surface area contributed by atoms with Gasteiger partial charge in [0.2, 0.25) is 0 Å². The van der Waals surface area contributed by atoms with Crippen molar-refractivity contribution >= 4 is 5.57 Å². The fourth-order valence-electron chi connectivity index (χ4n) is 1.65. The van der Waals surface area contributed by atoms with Crippen LogP contribution < -0.4 is 4.74 Å². The van der Waals surface area contributed by atoms with Crippen molar-refractivity contribution in [1.29, 1.82) is 0 Å². The predicted molar refractivity (Wildman–Crippen MR) is 73.4 cm³/mol. The second kappa shape index (κ2) is 7.87. The van der Waals surface area contributed by atoms with Crippen LogP contribution in [0.4, 0.5) is 13.2 Å². The molecule has 0 saturated carbocycles. The monoisotopic (exact) mass is 274 g/mol. The molecular formula is C15H21F3O. The van der Waals surface area contributed by atoms with Crippen LogP contribution in [0.5, 0.6) is 5.75 Å². The van der Waals surface area contributed by atoms with Crippen molar-refractivity contribution in [3.8, 4) is 5.75 Å². The third-order valence-corrected chi connectivity index (χ3v) is 2.42. The summed E-state index contributed by atoms with van der Waals surface area (Å²) in [7, 11) is 1.49. The minimum atomic E-state index is -4.32. The molecule has 0 spiro atoms. The van der Waals surface area contributed by atoms with Gasteiger partial charge in [-0.3, -0.25) is 0 Å². The van der Waals surface area contributed by atoms with Gasteiger partial charge in [0.1, 0.15) is 5.75 Å². The first-order chi connectivity index (χ1) is 8.90. The lowest BCUT2D eigenvalue weighted by atomic mass is 10.0. The Kier molecular flexibility index (Phi) is 7.27. The number of benzene rings is 1. The van der Waals surface area contributed by atoms with Gasteiger partial charge in [-0.05, 0) is 36.6 Å². The van der Waals surface area contributed by atoms with Crippen molar-refractivity contribution in [2.75, 3.05) is 7.11 Å². The number of hydrogen-bond donors (Lipinski definition) is 0. The van der Waals surface area contributed by atoms with Gasteiger partial charge in [0, 0.05) is 0 Å². The summed E-state index contributed by atoms with van der Waals surface area (Å²) < 4.78 is 43.4. The summed E-state index contributed by atoms with van der Waals surface area (Å²) >= 11 is 0. The van der Waals surface area contributed by atoms with Crippen LogP contribution >= 0.6 is 0 Å². The normalized spacial score (nSPS) is 11.7. The number of hydrogen-bond acceptors (Lipinski definition) is 1. The lowest BCUT2D eigenvalue weighted by molar-refractivity contribution is -0.0690. The molecule has 0 heterocycles. The summed E-state index contributed by atoms with van der Waals surface area (Å²) in [5.74, 6) is 0.590. The Morgan fingerprint density at radius 1 is 1.26 bits per heavy atom. The van der Waals surface area contributed by atoms with Crippen LogP contribution in [-0.2, 0) is 0 Å². The number of aryl methyl sites for hydroxylation is 1. The van der Waals surface area contributed by atoms with Crippen molar-refractivity contribution in [3.05, 3.63) is 35.4 Å². The van der Waals surface area contributed by atoms with E-state index >= 15 is 0 Å². The van der Waals surface area contributed by atoms with Crippen molar-refractivity contribution in [2.45, 2.75) is 40.3 Å². The van der Waals surface area contributed by atoms with Gasteiger partial charge in [0.25, 0.3) is 0 Å². The van der Waals surface area contributed by atoms with E-state index in [1.165, 1.54) is 25.3 Å². The lowest BCUT2D eigenvalue weighted by Gasteiger charge is -2.13. The van der Waals surface area contributed by atoms with Crippen LogP contribution in [0.25, 0.3) is 5.57 Å². The lowest BCUT2D eigenvalue weighted by Crippen LogP contribution is -2.11. The van der Waals surface area contributed by atoms with E-state index in [2.05, 4.69) is 0 Å². The highest BCUT2D eigenvalue weighted by Gasteiger charge is 2.34. The van der Waals surface area contributed by atoms with Crippen LogP contribution in [0.3, 0.4) is 0 Å². The smallest absolute Gasteiger partial charge is 0.416 e. The zero-order valence-electron chi connectivity index (χ0n) is 12.1. The number of allylic oxidation sites excluding steroid dienone is 2. The largest absolute Gasteiger partial charge is 0.496 e. The Hall–Kier alpha value is -1.45. The molecule has 0 unspecified atom stereocenters. The second-order valence-electron chi connectivity index (χ2n) is 3.71. The maximum atomic E-state index is 12.8. The molecule has 1 rings (SSSR count). The van der Waals surface area contributed by atoms with Gasteiger partial charge in [0.15, 0.2) is 0 Å². The minimum absolute atomic E-state index is 0.178. The molecule has 0 aliphatic carbocycles. The topological polar surface area (TPSA) is 9.23 Å². The van der Waals surface area contributed by atoms with Gasteiger partial charge in [0.05, 0.1) is 12.7 Å². The van der Waals surface area contributed by atoms with Crippen molar-refractivity contribution in [3.63, 3.8) is 0 Å². The molecule has 0 aromatic heterocycles. The van der Waals surface area contributed by atoms with Crippen molar-refractivity contribution in [1.82, 2.24) is 0 Å². The van der Waals surface area contributed by atoms with Gasteiger partial charge in [-0.25, -0.2) is 0 Å². The Morgan fingerprint density at radius 2 is 1.84 bits per heavy atom. The Labute approximate surface area is 113 Å². The zero-order valence-corrected chi connectivity index (χ0v) is 12.1. The summed E-state index contributed by atoms with van der Waals surface area (Å²) in [6.07, 6.45) is -2.78. The molecule has 0 amide bonds. The molecule has 1 aromatic carbocycles. The standard InChI is InChI=1S/C13H15F3O.C2H6/c1-4-5-11(13(14,15)16)10-6-7-12(17-3)9(2)8-10;1-2/h5-8H,4H2,1-3H3;1-2H3/b11-5+;. The third kappa shape index (κ3) is 4.97. The molecule has 0 N–H and O–H groups in total. The van der Waals surface area contributed by atoms with Crippen LogP contribution in [0.1, 0.15) is 38.3 Å². The first-order valence-corrected chi connectivity index (χ1v) is 6.32. The van der Waals surface area contributed by atoms with E-state index in [1.54, 1.807) is 19.9 Å². The average Bonchev–Trinajstić information content (AvgIpc) is 2.37. The Balaban J connectivity index is 0.00000154. The Bertz CT molecular complexity index is 420. The minimum Gasteiger partial charge on any atom is -0.496 e. The van der Waals surface area contributed by atoms with E-state index in [1.807, 2.05) is 13.8 Å². The average molecular weight is 274 g/mol. The highest BCUT2D eigenvalue weighted by Crippen LogP contribution is 2.35. The molecule has 0 aliphatic heterocycles. The first-order valence-electron chi connectivity index (χ1n) is 6.32. The van der Waals surface area contributed by atoms with E-state index in [4.69, 9.17) is 4.74 Å². The maximum absolute atomic E-state index is 12.8. The SMILES string of the molecule is CC.CC/C=C(\c1ccc(OC)c(C)c1)C(F)(F)F. The van der Waals surface area contributed by atoms with E-state index in [-0.39, 0.29) is 5.56 Å². The van der Waals surface area contributed by atoms with Crippen LogP contribution in [-0.4, -0.2) is 13.3 Å². The summed E-state index contributed by atoms with van der Waals surface area (Å²) in [5, 5.41) is 0. The number of alkyl halides is 3. The fraction of sp³-hybridized carbons (Fsp3) is 0.467. The molecule has 0 aliphatic rings. The highest BCUT2D eigenvalue weighted by molar-refractivity contribution is 5.70. The van der Waals surface area contributed by atoms with Crippen molar-refractivity contribution in [2.24, 2.45) is 0 Å². The van der Waals surface area contributed by atoms with Crippen LogP contribution in [0.2, 0.25) is 0 Å². The van der Waals surface area contributed by atoms with Gasteiger partial charge in [-0.2, -0.15) is 13.2 Å². The molecule has 108 valence electrons. The molecule has 1 aromatic rings. The predicted octanol–water partition coefficient (Wildman–Crippen LogP) is 5.39. The van der Waals surface area contributed by atoms with Gasteiger partial charge in [-0.1, -0.05) is 32.9 Å². The molecule has 1 nitrogen and oxygen atoms in total. The molecule has 0 bridgehead atoms. The highest BCUT2D eigenvalue weighted by atomic mass is 19.4. The van der Waals surface area contributed by atoms with E-state index in [0.717, 1.165) is 0 Å². The van der Waals surface area contributed by atoms with Crippen LogP contribution in [0.15, 0.2) is 24.3 Å². The molecule has 0 fully saturated rings. The molecule has 4 heteroatoms. The quantitative estimate of drug-likeness (QED) is 0.718. The fourth-order valence-corrected chi connectivity index (χ4v) is 1.65. The molecule has 0 atom stereocenters. The van der Waals surface area contributed by atoms with E-state index < -0.39 is 11.7 Å². The Morgan fingerprint density at radius 3 is 2.21 bits per heavy atom. The summed E-state index contributed by atoms with van der Waals surface area (Å²) in [5.41, 5.74) is 0.277. The van der Waals surface area contributed by atoms with Gasteiger partial charge >= 0.3 is 6.18 Å². The summed E-state index contributed by atoms with van der Waals surface area (Å²) in [4.78, 5) is 0. The van der Waals surface area contributed by atoms with Gasteiger partial charge < -0.3 is 4.74 Å². The van der Waals surface area contributed by atoms with Crippen molar-refractivity contribution < 1.29 is 17.9 Å². The zero-order chi connectivity index (χ0) is 15.1. The van der Waals surface area contributed by atoms with Crippen LogP contribution in [0, 0.1) is 6.92 Å². The molecule has 19 heavy (non-hydrogen) atoms. The number of halogens is 3. The van der Waals surface area contributed by atoms with E-state index in [0.29, 0.717) is 17.7 Å².